The number of carbonyl (C=O) groups is 1. The maximum absolute atomic E-state index is 11.9. The van der Waals surface area contributed by atoms with Crippen molar-refractivity contribution in [2.75, 3.05) is 5.32 Å². The number of anilines is 1. The Morgan fingerprint density at radius 2 is 1.89 bits per heavy atom. The van der Waals surface area contributed by atoms with Crippen LogP contribution in [0.5, 0.6) is 0 Å². The molecule has 0 aliphatic rings. The van der Waals surface area contributed by atoms with Crippen LogP contribution < -0.4 is 5.32 Å². The van der Waals surface area contributed by atoms with E-state index in [4.69, 9.17) is 11.6 Å². The van der Waals surface area contributed by atoms with Crippen molar-refractivity contribution < 1.29 is 4.79 Å². The first kappa shape index (κ1) is 13.6. The van der Waals surface area contributed by atoms with Gasteiger partial charge in [-0.1, -0.05) is 41.9 Å². The summed E-state index contributed by atoms with van der Waals surface area (Å²) in [6, 6.07) is 15.4. The fourth-order valence-corrected chi connectivity index (χ4v) is 2.11. The van der Waals surface area contributed by atoms with Gasteiger partial charge in [0, 0.05) is 17.1 Å². The smallest absolute Gasteiger partial charge is 0.224 e. The van der Waals surface area contributed by atoms with Crippen LogP contribution in [0, 0.1) is 6.92 Å². The van der Waals surface area contributed by atoms with Gasteiger partial charge in [-0.2, -0.15) is 0 Å². The quantitative estimate of drug-likeness (QED) is 0.888. The monoisotopic (exact) mass is 273 g/mol. The van der Waals surface area contributed by atoms with Gasteiger partial charge in [0.2, 0.25) is 5.91 Å². The van der Waals surface area contributed by atoms with Crippen LogP contribution in [-0.2, 0) is 11.2 Å². The highest BCUT2D eigenvalue weighted by Gasteiger charge is 2.05. The van der Waals surface area contributed by atoms with E-state index in [9.17, 15) is 4.79 Å². The normalized spacial score (nSPS) is 10.2. The molecule has 2 rings (SSSR count). The third-order valence-corrected chi connectivity index (χ3v) is 3.18. The molecule has 0 saturated carbocycles. The van der Waals surface area contributed by atoms with E-state index in [1.807, 2.05) is 49.4 Å². The van der Waals surface area contributed by atoms with Gasteiger partial charge >= 0.3 is 0 Å². The number of benzene rings is 2. The Balaban J connectivity index is 1.91. The van der Waals surface area contributed by atoms with E-state index in [0.717, 1.165) is 17.7 Å². The highest BCUT2D eigenvalue weighted by molar-refractivity contribution is 6.30. The maximum Gasteiger partial charge on any atom is 0.224 e. The molecule has 1 amide bonds. The lowest BCUT2D eigenvalue weighted by molar-refractivity contribution is -0.116. The van der Waals surface area contributed by atoms with Crippen molar-refractivity contribution in [3.8, 4) is 0 Å². The molecule has 0 unspecified atom stereocenters. The molecular weight excluding hydrogens is 258 g/mol. The maximum atomic E-state index is 11.9. The Hall–Kier alpha value is -1.80. The lowest BCUT2D eigenvalue weighted by Gasteiger charge is -2.08. The van der Waals surface area contributed by atoms with Crippen molar-refractivity contribution in [3.63, 3.8) is 0 Å². The van der Waals surface area contributed by atoms with E-state index in [0.29, 0.717) is 11.4 Å². The largest absolute Gasteiger partial charge is 0.326 e. The minimum Gasteiger partial charge on any atom is -0.326 e. The molecule has 0 fully saturated rings. The Kier molecular flexibility index (Phi) is 4.58. The molecule has 2 aromatic carbocycles. The summed E-state index contributed by atoms with van der Waals surface area (Å²) < 4.78 is 0. The van der Waals surface area contributed by atoms with Crippen LogP contribution in [0.25, 0.3) is 0 Å². The predicted octanol–water partition coefficient (Wildman–Crippen LogP) is 4.22. The second-order valence-electron chi connectivity index (χ2n) is 4.49. The van der Waals surface area contributed by atoms with Gasteiger partial charge in [-0.25, -0.2) is 0 Å². The number of halogens is 1. The van der Waals surface area contributed by atoms with Crippen molar-refractivity contribution in [2.24, 2.45) is 0 Å². The van der Waals surface area contributed by atoms with E-state index in [1.54, 1.807) is 6.07 Å². The zero-order valence-electron chi connectivity index (χ0n) is 10.8. The Morgan fingerprint density at radius 1 is 1.16 bits per heavy atom. The number of aryl methyl sites for hydroxylation is 2. The third kappa shape index (κ3) is 4.11. The zero-order valence-corrected chi connectivity index (χ0v) is 11.6. The fraction of sp³-hybridized carbons (Fsp3) is 0.188. The summed E-state index contributed by atoms with van der Waals surface area (Å²) in [6.45, 7) is 1.93. The van der Waals surface area contributed by atoms with Gasteiger partial charge in [0.15, 0.2) is 0 Å². The fourth-order valence-electron chi connectivity index (χ4n) is 1.88. The summed E-state index contributed by atoms with van der Waals surface area (Å²) >= 11 is 5.88. The molecule has 98 valence electrons. The Bertz CT molecular complexity index is 566. The molecule has 0 spiro atoms. The van der Waals surface area contributed by atoms with Crippen LogP contribution in [0.1, 0.15) is 17.5 Å². The Labute approximate surface area is 118 Å². The minimum absolute atomic E-state index is 0.0225. The summed E-state index contributed by atoms with van der Waals surface area (Å²) in [4.78, 5) is 11.9. The van der Waals surface area contributed by atoms with Crippen LogP contribution in [0.4, 0.5) is 5.69 Å². The molecule has 0 aliphatic carbocycles. The number of rotatable bonds is 4. The number of nitrogens with one attached hydrogen (secondary N) is 1. The standard InChI is InChI=1S/C16H16ClNO/c1-12-11-14(17)8-9-15(12)18-16(19)10-7-13-5-3-2-4-6-13/h2-6,8-9,11H,7,10H2,1H3,(H,18,19). The first-order valence-electron chi connectivity index (χ1n) is 6.25. The summed E-state index contributed by atoms with van der Waals surface area (Å²) in [6.07, 6.45) is 1.23. The van der Waals surface area contributed by atoms with Crippen molar-refractivity contribution in [1.82, 2.24) is 0 Å². The van der Waals surface area contributed by atoms with Gasteiger partial charge in [0.1, 0.15) is 0 Å². The molecule has 0 radical (unpaired) electrons. The predicted molar refractivity (Wildman–Crippen MR) is 79.6 cm³/mol. The lowest BCUT2D eigenvalue weighted by atomic mass is 10.1. The number of carbonyl (C=O) groups excluding carboxylic acids is 1. The molecule has 2 aromatic rings. The second-order valence-corrected chi connectivity index (χ2v) is 4.93. The number of amides is 1. The van der Waals surface area contributed by atoms with Gasteiger partial charge < -0.3 is 5.32 Å². The number of hydrogen-bond acceptors (Lipinski definition) is 1. The van der Waals surface area contributed by atoms with E-state index in [-0.39, 0.29) is 5.91 Å². The molecule has 3 heteroatoms. The van der Waals surface area contributed by atoms with Crippen molar-refractivity contribution in [1.29, 1.82) is 0 Å². The molecule has 0 aliphatic heterocycles. The van der Waals surface area contributed by atoms with Gasteiger partial charge in [0.25, 0.3) is 0 Å². The highest BCUT2D eigenvalue weighted by atomic mass is 35.5. The van der Waals surface area contributed by atoms with Crippen molar-refractivity contribution >= 4 is 23.2 Å². The molecule has 0 saturated heterocycles. The van der Waals surface area contributed by atoms with E-state index in [2.05, 4.69) is 5.32 Å². The van der Waals surface area contributed by atoms with Gasteiger partial charge in [-0.3, -0.25) is 4.79 Å². The third-order valence-electron chi connectivity index (χ3n) is 2.95. The molecular formula is C16H16ClNO. The topological polar surface area (TPSA) is 29.1 Å². The molecule has 1 N–H and O–H groups in total. The molecule has 0 heterocycles. The SMILES string of the molecule is Cc1cc(Cl)ccc1NC(=O)CCc1ccccc1. The molecule has 19 heavy (non-hydrogen) atoms. The zero-order chi connectivity index (χ0) is 13.7. The van der Waals surface area contributed by atoms with Crippen LogP contribution in [0.15, 0.2) is 48.5 Å². The molecule has 2 nitrogen and oxygen atoms in total. The first-order valence-corrected chi connectivity index (χ1v) is 6.63. The number of hydrogen-bond donors (Lipinski definition) is 1. The molecule has 0 atom stereocenters. The average Bonchev–Trinajstić information content (AvgIpc) is 2.41. The lowest BCUT2D eigenvalue weighted by Crippen LogP contribution is -2.13. The van der Waals surface area contributed by atoms with E-state index < -0.39 is 0 Å². The van der Waals surface area contributed by atoms with Crippen LogP contribution in [0.2, 0.25) is 5.02 Å². The summed E-state index contributed by atoms with van der Waals surface area (Å²) in [5.74, 6) is 0.0225. The minimum atomic E-state index is 0.0225. The van der Waals surface area contributed by atoms with Crippen molar-refractivity contribution in [3.05, 3.63) is 64.7 Å². The van der Waals surface area contributed by atoms with Crippen LogP contribution in [0.3, 0.4) is 0 Å². The highest BCUT2D eigenvalue weighted by Crippen LogP contribution is 2.19. The van der Waals surface area contributed by atoms with E-state index >= 15 is 0 Å². The summed E-state index contributed by atoms with van der Waals surface area (Å²) in [5.41, 5.74) is 2.97. The van der Waals surface area contributed by atoms with Gasteiger partial charge in [0.05, 0.1) is 0 Å². The van der Waals surface area contributed by atoms with Crippen LogP contribution in [-0.4, -0.2) is 5.91 Å². The summed E-state index contributed by atoms with van der Waals surface area (Å²) in [7, 11) is 0. The molecule has 0 bridgehead atoms. The van der Waals surface area contributed by atoms with E-state index in [1.165, 1.54) is 5.56 Å². The van der Waals surface area contributed by atoms with Gasteiger partial charge in [-0.15, -0.1) is 0 Å². The Morgan fingerprint density at radius 3 is 2.58 bits per heavy atom. The molecule has 0 aromatic heterocycles. The van der Waals surface area contributed by atoms with Crippen molar-refractivity contribution in [2.45, 2.75) is 19.8 Å². The average molecular weight is 274 g/mol. The van der Waals surface area contributed by atoms with Gasteiger partial charge in [-0.05, 0) is 42.7 Å². The van der Waals surface area contributed by atoms with Crippen LogP contribution >= 0.6 is 11.6 Å². The second kappa shape index (κ2) is 6.39. The summed E-state index contributed by atoms with van der Waals surface area (Å²) in [5, 5.41) is 3.59. The first-order chi connectivity index (χ1) is 9.15.